The smallest absolute Gasteiger partial charge is 0.407 e. The number of amides is 1. The van der Waals surface area contributed by atoms with Gasteiger partial charge in [-0.2, -0.15) is 0 Å². The number of ether oxygens (including phenoxy) is 1. The highest BCUT2D eigenvalue weighted by atomic mass is 16.6. The lowest BCUT2D eigenvalue weighted by Gasteiger charge is -2.32. The molecule has 5 heteroatoms. The highest BCUT2D eigenvalue weighted by Crippen LogP contribution is 2.29. The fourth-order valence-corrected chi connectivity index (χ4v) is 2.79. The Morgan fingerprint density at radius 2 is 1.64 bits per heavy atom. The molecule has 22 heavy (non-hydrogen) atoms. The van der Waals surface area contributed by atoms with Crippen LogP contribution in [0.15, 0.2) is 0 Å². The fourth-order valence-electron chi connectivity index (χ4n) is 2.79. The first-order valence-corrected chi connectivity index (χ1v) is 8.48. The van der Waals surface area contributed by atoms with Crippen molar-refractivity contribution in [3.05, 3.63) is 0 Å². The molecule has 0 unspecified atom stereocenters. The summed E-state index contributed by atoms with van der Waals surface area (Å²) in [6.07, 6.45) is 4.33. The van der Waals surface area contributed by atoms with E-state index in [2.05, 4.69) is 36.7 Å². The minimum absolute atomic E-state index is 0.0243. The number of carbonyl (C=O) groups excluding carboxylic acids is 1. The van der Waals surface area contributed by atoms with Crippen molar-refractivity contribution in [2.45, 2.75) is 83.9 Å². The molecule has 0 atom stereocenters. The lowest BCUT2D eigenvalue weighted by molar-refractivity contribution is 0.0510. The summed E-state index contributed by atoms with van der Waals surface area (Å²) in [4.78, 5) is 11.8. The Labute approximate surface area is 135 Å². The van der Waals surface area contributed by atoms with E-state index in [9.17, 15) is 4.79 Å². The maximum Gasteiger partial charge on any atom is 0.407 e. The van der Waals surface area contributed by atoms with Gasteiger partial charge < -0.3 is 20.7 Å². The number of alkyl carbamates (subject to hydrolysis) is 1. The van der Waals surface area contributed by atoms with Crippen molar-refractivity contribution < 1.29 is 9.53 Å². The molecule has 0 bridgehead atoms. The second kappa shape index (κ2) is 7.64. The first-order chi connectivity index (χ1) is 10.0. The Bertz CT molecular complexity index is 350. The number of carbonyl (C=O) groups is 1. The Hall–Kier alpha value is -0.810. The molecule has 1 saturated carbocycles. The maximum absolute atomic E-state index is 11.8. The molecule has 1 aliphatic rings. The summed E-state index contributed by atoms with van der Waals surface area (Å²) in [5.74, 6) is 0. The fraction of sp³-hybridized carbons (Fsp3) is 0.941. The summed E-state index contributed by atoms with van der Waals surface area (Å²) in [6.45, 7) is 14.6. The number of nitrogens with one attached hydrogen (secondary N) is 3. The topological polar surface area (TPSA) is 62.4 Å². The zero-order valence-electron chi connectivity index (χ0n) is 15.3. The molecule has 1 amide bonds. The highest BCUT2D eigenvalue weighted by Gasteiger charge is 2.34. The van der Waals surface area contributed by atoms with E-state index in [0.29, 0.717) is 6.54 Å². The zero-order chi connectivity index (χ0) is 16.9. The maximum atomic E-state index is 11.8. The van der Waals surface area contributed by atoms with Gasteiger partial charge in [0.15, 0.2) is 0 Å². The molecule has 5 nitrogen and oxygen atoms in total. The molecule has 0 aromatic rings. The van der Waals surface area contributed by atoms with Crippen molar-refractivity contribution in [2.24, 2.45) is 0 Å². The summed E-state index contributed by atoms with van der Waals surface area (Å²) in [5.41, 5.74) is -0.285. The van der Waals surface area contributed by atoms with Gasteiger partial charge in [0, 0.05) is 30.7 Å². The van der Waals surface area contributed by atoms with Crippen molar-refractivity contribution in [3.8, 4) is 0 Å². The number of hydrogen-bond acceptors (Lipinski definition) is 4. The van der Waals surface area contributed by atoms with Crippen LogP contribution in [-0.4, -0.2) is 42.4 Å². The van der Waals surface area contributed by atoms with Crippen molar-refractivity contribution in [1.29, 1.82) is 0 Å². The number of hydrogen-bond donors (Lipinski definition) is 3. The predicted molar refractivity (Wildman–Crippen MR) is 91.2 cm³/mol. The van der Waals surface area contributed by atoms with Crippen LogP contribution in [0.4, 0.5) is 4.79 Å². The Kier molecular flexibility index (Phi) is 6.68. The van der Waals surface area contributed by atoms with Gasteiger partial charge in [-0.15, -0.1) is 0 Å². The lowest BCUT2D eigenvalue weighted by atomic mass is 9.97. The largest absolute Gasteiger partial charge is 0.444 e. The second-order valence-electron chi connectivity index (χ2n) is 8.45. The van der Waals surface area contributed by atoms with E-state index in [0.717, 1.165) is 25.9 Å². The molecule has 0 aromatic carbocycles. The van der Waals surface area contributed by atoms with Crippen LogP contribution >= 0.6 is 0 Å². The van der Waals surface area contributed by atoms with Gasteiger partial charge in [-0.25, -0.2) is 4.79 Å². The Morgan fingerprint density at radius 3 is 2.14 bits per heavy atom. The quantitative estimate of drug-likeness (QED) is 0.660. The van der Waals surface area contributed by atoms with Crippen LogP contribution in [0, 0.1) is 0 Å². The average Bonchev–Trinajstić information content (AvgIpc) is 2.79. The van der Waals surface area contributed by atoms with Gasteiger partial charge >= 0.3 is 6.09 Å². The third kappa shape index (κ3) is 7.99. The molecular formula is C17H35N3O2. The summed E-state index contributed by atoms with van der Waals surface area (Å²) >= 11 is 0. The standard InChI is InChI=1S/C17H35N3O2/c1-15(2,3)19-11-12-20-17(9-7-8-10-17)13-18-14(21)22-16(4,5)6/h19-20H,7-13H2,1-6H3,(H,18,21). The molecule has 130 valence electrons. The molecule has 0 saturated heterocycles. The first-order valence-electron chi connectivity index (χ1n) is 8.48. The van der Waals surface area contributed by atoms with E-state index in [1.807, 2.05) is 20.8 Å². The van der Waals surface area contributed by atoms with E-state index < -0.39 is 5.60 Å². The van der Waals surface area contributed by atoms with Crippen molar-refractivity contribution in [2.75, 3.05) is 19.6 Å². The van der Waals surface area contributed by atoms with Gasteiger partial charge in [0.25, 0.3) is 0 Å². The van der Waals surface area contributed by atoms with Gasteiger partial charge in [-0.1, -0.05) is 12.8 Å². The second-order valence-corrected chi connectivity index (χ2v) is 8.45. The monoisotopic (exact) mass is 313 g/mol. The third-order valence-electron chi connectivity index (χ3n) is 3.81. The minimum Gasteiger partial charge on any atom is -0.444 e. The summed E-state index contributed by atoms with van der Waals surface area (Å²) in [5, 5.41) is 10.1. The zero-order valence-corrected chi connectivity index (χ0v) is 15.3. The van der Waals surface area contributed by atoms with Crippen molar-refractivity contribution in [3.63, 3.8) is 0 Å². The Morgan fingerprint density at radius 1 is 1.05 bits per heavy atom. The van der Waals surface area contributed by atoms with E-state index in [-0.39, 0.29) is 17.2 Å². The van der Waals surface area contributed by atoms with Crippen LogP contribution in [0.25, 0.3) is 0 Å². The van der Waals surface area contributed by atoms with Crippen LogP contribution < -0.4 is 16.0 Å². The predicted octanol–water partition coefficient (Wildman–Crippen LogP) is 2.80. The van der Waals surface area contributed by atoms with E-state index in [1.54, 1.807) is 0 Å². The van der Waals surface area contributed by atoms with Gasteiger partial charge in [-0.3, -0.25) is 0 Å². The van der Waals surface area contributed by atoms with Crippen LogP contribution in [0.5, 0.6) is 0 Å². The molecule has 3 N–H and O–H groups in total. The van der Waals surface area contributed by atoms with E-state index in [1.165, 1.54) is 12.8 Å². The summed E-state index contributed by atoms with van der Waals surface area (Å²) in [7, 11) is 0. The van der Waals surface area contributed by atoms with Gasteiger partial charge in [-0.05, 0) is 54.4 Å². The molecule has 0 aliphatic heterocycles. The van der Waals surface area contributed by atoms with Gasteiger partial charge in [0.05, 0.1) is 0 Å². The minimum atomic E-state index is -0.447. The van der Waals surface area contributed by atoms with Gasteiger partial charge in [0.1, 0.15) is 5.60 Å². The van der Waals surface area contributed by atoms with Gasteiger partial charge in [0.2, 0.25) is 0 Å². The molecular weight excluding hydrogens is 278 g/mol. The first kappa shape index (κ1) is 19.2. The van der Waals surface area contributed by atoms with Crippen LogP contribution in [-0.2, 0) is 4.74 Å². The third-order valence-corrected chi connectivity index (χ3v) is 3.81. The van der Waals surface area contributed by atoms with Crippen LogP contribution in [0.2, 0.25) is 0 Å². The average molecular weight is 313 g/mol. The summed E-state index contributed by atoms with van der Waals surface area (Å²) in [6, 6.07) is 0. The van der Waals surface area contributed by atoms with E-state index >= 15 is 0 Å². The SMILES string of the molecule is CC(C)(C)NCCNC1(CNC(=O)OC(C)(C)C)CCCC1. The van der Waals surface area contributed by atoms with Crippen LogP contribution in [0.1, 0.15) is 67.2 Å². The molecule has 0 aromatic heterocycles. The molecule has 1 rings (SSSR count). The normalized spacial score (nSPS) is 18.3. The van der Waals surface area contributed by atoms with E-state index in [4.69, 9.17) is 4.74 Å². The highest BCUT2D eigenvalue weighted by molar-refractivity contribution is 5.67. The van der Waals surface area contributed by atoms with Crippen molar-refractivity contribution >= 4 is 6.09 Å². The van der Waals surface area contributed by atoms with Crippen LogP contribution in [0.3, 0.4) is 0 Å². The molecule has 0 radical (unpaired) electrons. The van der Waals surface area contributed by atoms with Crippen molar-refractivity contribution in [1.82, 2.24) is 16.0 Å². The molecule has 1 fully saturated rings. The molecule has 0 spiro atoms. The molecule has 1 aliphatic carbocycles. The lowest BCUT2D eigenvalue weighted by Crippen LogP contribution is -2.54. The Balaban J connectivity index is 2.38. The molecule has 0 heterocycles. The number of rotatable bonds is 6. The summed E-state index contributed by atoms with van der Waals surface area (Å²) < 4.78 is 5.32.